The van der Waals surface area contributed by atoms with E-state index in [4.69, 9.17) is 5.73 Å². The summed E-state index contributed by atoms with van der Waals surface area (Å²) in [4.78, 5) is 14.1. The van der Waals surface area contributed by atoms with Crippen molar-refractivity contribution in [3.05, 3.63) is 42.5 Å². The van der Waals surface area contributed by atoms with Crippen molar-refractivity contribution in [2.75, 3.05) is 12.3 Å². The minimum atomic E-state index is 0.0144. The van der Waals surface area contributed by atoms with Crippen molar-refractivity contribution in [3.63, 3.8) is 0 Å². The molecule has 0 spiro atoms. The number of likely N-dealkylation sites (tertiary alicyclic amines) is 1. The Morgan fingerprint density at radius 2 is 2.25 bits per heavy atom. The third-order valence-electron chi connectivity index (χ3n) is 3.02. The molecule has 1 atom stereocenters. The summed E-state index contributed by atoms with van der Waals surface area (Å²) in [6.45, 7) is 4.56. The average molecular weight is 216 g/mol. The van der Waals surface area contributed by atoms with E-state index in [-0.39, 0.29) is 11.9 Å². The lowest BCUT2D eigenvalue weighted by atomic mass is 10.1. The van der Waals surface area contributed by atoms with Gasteiger partial charge in [-0.15, -0.1) is 6.58 Å². The summed E-state index contributed by atoms with van der Waals surface area (Å²) in [5.41, 5.74) is 6.94. The largest absolute Gasteiger partial charge is 0.398 e. The summed E-state index contributed by atoms with van der Waals surface area (Å²) < 4.78 is 0. The van der Waals surface area contributed by atoms with Crippen LogP contribution in [0.15, 0.2) is 36.9 Å². The Bertz CT molecular complexity index is 414. The maximum atomic E-state index is 12.2. The average Bonchev–Trinajstić information content (AvgIpc) is 2.77. The zero-order valence-electron chi connectivity index (χ0n) is 9.23. The summed E-state index contributed by atoms with van der Waals surface area (Å²) in [6, 6.07) is 7.36. The molecular formula is C13H16N2O. The lowest BCUT2D eigenvalue weighted by molar-refractivity contribution is 0.0763. The van der Waals surface area contributed by atoms with Crippen LogP contribution in [0, 0.1) is 0 Å². The van der Waals surface area contributed by atoms with Gasteiger partial charge < -0.3 is 10.6 Å². The maximum absolute atomic E-state index is 12.2. The van der Waals surface area contributed by atoms with Crippen LogP contribution < -0.4 is 5.73 Å². The van der Waals surface area contributed by atoms with Gasteiger partial charge in [0.2, 0.25) is 0 Å². The number of carbonyl (C=O) groups is 1. The topological polar surface area (TPSA) is 46.3 Å². The lowest BCUT2D eigenvalue weighted by Gasteiger charge is -2.22. The van der Waals surface area contributed by atoms with E-state index < -0.39 is 0 Å². The predicted molar refractivity (Wildman–Crippen MR) is 65.1 cm³/mol. The molecule has 2 N–H and O–H groups in total. The molecule has 1 fully saturated rings. The number of benzene rings is 1. The first-order valence-electron chi connectivity index (χ1n) is 5.52. The molecule has 16 heavy (non-hydrogen) atoms. The van der Waals surface area contributed by atoms with E-state index in [2.05, 4.69) is 6.58 Å². The molecule has 0 saturated carbocycles. The van der Waals surface area contributed by atoms with Crippen LogP contribution in [0.5, 0.6) is 0 Å². The molecule has 0 bridgehead atoms. The van der Waals surface area contributed by atoms with E-state index in [0.717, 1.165) is 19.4 Å². The standard InChI is InChI=1S/C13H16N2O/c1-2-10-6-5-9-15(10)13(16)11-7-3-4-8-12(11)14/h2-4,7-8,10H,1,5-6,9,14H2/t10-/m1/s1. The summed E-state index contributed by atoms with van der Waals surface area (Å²) in [5.74, 6) is 0.0144. The first kappa shape index (κ1) is 10.7. The van der Waals surface area contributed by atoms with Gasteiger partial charge >= 0.3 is 0 Å². The number of nitrogens with two attached hydrogens (primary N) is 1. The smallest absolute Gasteiger partial charge is 0.256 e. The normalized spacial score (nSPS) is 19.8. The Morgan fingerprint density at radius 3 is 2.94 bits per heavy atom. The third kappa shape index (κ3) is 1.81. The monoisotopic (exact) mass is 216 g/mol. The van der Waals surface area contributed by atoms with Crippen molar-refractivity contribution in [2.45, 2.75) is 18.9 Å². The SMILES string of the molecule is C=C[C@@H]1CCCN1C(=O)c1ccccc1N. The molecule has 1 aromatic carbocycles. The Morgan fingerprint density at radius 1 is 1.50 bits per heavy atom. The van der Waals surface area contributed by atoms with Gasteiger partial charge in [0, 0.05) is 12.2 Å². The number of carbonyl (C=O) groups excluding carboxylic acids is 1. The first-order chi connectivity index (χ1) is 7.74. The van der Waals surface area contributed by atoms with E-state index >= 15 is 0 Å². The van der Waals surface area contributed by atoms with Crippen molar-refractivity contribution < 1.29 is 4.79 Å². The van der Waals surface area contributed by atoms with Crippen molar-refractivity contribution >= 4 is 11.6 Å². The van der Waals surface area contributed by atoms with Gasteiger partial charge in [0.1, 0.15) is 0 Å². The molecule has 1 aliphatic rings. The molecule has 0 aliphatic carbocycles. The van der Waals surface area contributed by atoms with E-state index in [1.54, 1.807) is 12.1 Å². The zero-order valence-corrected chi connectivity index (χ0v) is 9.23. The van der Waals surface area contributed by atoms with E-state index in [0.29, 0.717) is 11.3 Å². The molecule has 1 saturated heterocycles. The van der Waals surface area contributed by atoms with Crippen LogP contribution in [0.4, 0.5) is 5.69 Å². The first-order valence-corrected chi connectivity index (χ1v) is 5.52. The second kappa shape index (κ2) is 4.39. The van der Waals surface area contributed by atoms with Crippen LogP contribution in [0.25, 0.3) is 0 Å². The quantitative estimate of drug-likeness (QED) is 0.607. The van der Waals surface area contributed by atoms with Gasteiger partial charge in [-0.1, -0.05) is 18.2 Å². The number of para-hydroxylation sites is 1. The van der Waals surface area contributed by atoms with Crippen molar-refractivity contribution in [2.24, 2.45) is 0 Å². The molecule has 84 valence electrons. The van der Waals surface area contributed by atoms with Crippen molar-refractivity contribution in [1.29, 1.82) is 0 Å². The fraction of sp³-hybridized carbons (Fsp3) is 0.308. The lowest BCUT2D eigenvalue weighted by Crippen LogP contribution is -2.34. The summed E-state index contributed by atoms with van der Waals surface area (Å²) in [5, 5.41) is 0. The van der Waals surface area contributed by atoms with E-state index in [9.17, 15) is 4.79 Å². The van der Waals surface area contributed by atoms with Gasteiger partial charge in [-0.3, -0.25) is 4.79 Å². The molecular weight excluding hydrogens is 200 g/mol. The van der Waals surface area contributed by atoms with Crippen molar-refractivity contribution in [3.8, 4) is 0 Å². The Balaban J connectivity index is 2.25. The summed E-state index contributed by atoms with van der Waals surface area (Å²) in [6.07, 6.45) is 3.88. The molecule has 3 heteroatoms. The number of anilines is 1. The fourth-order valence-electron chi connectivity index (χ4n) is 2.14. The Hall–Kier alpha value is -1.77. The predicted octanol–water partition coefficient (Wildman–Crippen LogP) is 2.06. The molecule has 0 unspecified atom stereocenters. The Labute approximate surface area is 95.6 Å². The van der Waals surface area contributed by atoms with E-state index in [1.165, 1.54) is 0 Å². The molecule has 1 aliphatic heterocycles. The molecule has 1 amide bonds. The van der Waals surface area contributed by atoms with Crippen LogP contribution >= 0.6 is 0 Å². The molecule has 0 aromatic heterocycles. The van der Waals surface area contributed by atoms with Crippen LogP contribution in [-0.2, 0) is 0 Å². The van der Waals surface area contributed by atoms with Crippen LogP contribution in [-0.4, -0.2) is 23.4 Å². The van der Waals surface area contributed by atoms with Gasteiger partial charge in [0.15, 0.2) is 0 Å². The molecule has 1 heterocycles. The van der Waals surface area contributed by atoms with Gasteiger partial charge in [-0.2, -0.15) is 0 Å². The molecule has 0 radical (unpaired) electrons. The highest BCUT2D eigenvalue weighted by atomic mass is 16.2. The number of hydrogen-bond donors (Lipinski definition) is 1. The second-order valence-corrected chi connectivity index (χ2v) is 4.03. The van der Waals surface area contributed by atoms with Crippen LogP contribution in [0.1, 0.15) is 23.2 Å². The maximum Gasteiger partial charge on any atom is 0.256 e. The van der Waals surface area contributed by atoms with Gasteiger partial charge in [0.05, 0.1) is 11.6 Å². The minimum absolute atomic E-state index is 0.0144. The number of nitrogen functional groups attached to an aromatic ring is 1. The third-order valence-corrected chi connectivity index (χ3v) is 3.02. The highest BCUT2D eigenvalue weighted by molar-refractivity contribution is 5.99. The van der Waals surface area contributed by atoms with Gasteiger partial charge in [-0.05, 0) is 25.0 Å². The number of amides is 1. The fourth-order valence-corrected chi connectivity index (χ4v) is 2.14. The summed E-state index contributed by atoms with van der Waals surface area (Å²) >= 11 is 0. The second-order valence-electron chi connectivity index (χ2n) is 4.03. The number of hydrogen-bond acceptors (Lipinski definition) is 2. The highest BCUT2D eigenvalue weighted by Crippen LogP contribution is 2.22. The van der Waals surface area contributed by atoms with Crippen molar-refractivity contribution in [1.82, 2.24) is 4.90 Å². The molecule has 2 rings (SSSR count). The Kier molecular flexibility index (Phi) is 2.95. The van der Waals surface area contributed by atoms with Gasteiger partial charge in [-0.25, -0.2) is 0 Å². The number of nitrogens with zero attached hydrogens (tertiary/aromatic N) is 1. The minimum Gasteiger partial charge on any atom is -0.398 e. The summed E-state index contributed by atoms with van der Waals surface area (Å²) in [7, 11) is 0. The van der Waals surface area contributed by atoms with Crippen LogP contribution in [0.2, 0.25) is 0 Å². The van der Waals surface area contributed by atoms with Gasteiger partial charge in [0.25, 0.3) is 5.91 Å². The van der Waals surface area contributed by atoms with Crippen LogP contribution in [0.3, 0.4) is 0 Å². The highest BCUT2D eigenvalue weighted by Gasteiger charge is 2.27. The molecule has 1 aromatic rings. The zero-order chi connectivity index (χ0) is 11.5. The van der Waals surface area contributed by atoms with E-state index in [1.807, 2.05) is 23.1 Å². The number of rotatable bonds is 2. The molecule has 3 nitrogen and oxygen atoms in total.